The van der Waals surface area contributed by atoms with E-state index in [1.165, 1.54) is 5.56 Å². The van der Waals surface area contributed by atoms with Crippen LogP contribution < -0.4 is 10.0 Å². The molecule has 0 aliphatic carbocycles. The number of nitrogens with zero attached hydrogens (tertiary/aromatic N) is 1. The lowest BCUT2D eigenvalue weighted by molar-refractivity contribution is 0.307. The van der Waals surface area contributed by atoms with Crippen molar-refractivity contribution in [3.05, 3.63) is 29.3 Å². The predicted molar refractivity (Wildman–Crippen MR) is 85.9 cm³/mol. The second-order valence-electron chi connectivity index (χ2n) is 5.39. The molecule has 1 fully saturated rings. The van der Waals surface area contributed by atoms with Gasteiger partial charge >= 0.3 is 0 Å². The Hall–Kier alpha value is -0.600. The Bertz CT molecular complexity index is 598. The fourth-order valence-electron chi connectivity index (χ4n) is 2.68. The summed E-state index contributed by atoms with van der Waals surface area (Å²) in [6, 6.07) is 5.40. The van der Waals surface area contributed by atoms with Gasteiger partial charge < -0.3 is 10.2 Å². The highest BCUT2D eigenvalue weighted by molar-refractivity contribution is 7.99. The first-order chi connectivity index (χ1) is 10.1. The fraction of sp³-hybridized carbons (Fsp3) is 0.571. The molecule has 3 rings (SSSR count). The number of hydrogen-bond acceptors (Lipinski definition) is 5. The average Bonchev–Trinajstić information content (AvgIpc) is 2.95. The van der Waals surface area contributed by atoms with Gasteiger partial charge in [-0.2, -0.15) is 11.8 Å². The summed E-state index contributed by atoms with van der Waals surface area (Å²) in [5.41, 5.74) is 2.28. The second-order valence-corrected chi connectivity index (χ2v) is 8.38. The minimum absolute atomic E-state index is 0.374. The molecule has 2 aliphatic rings. The van der Waals surface area contributed by atoms with E-state index < -0.39 is 10.0 Å². The van der Waals surface area contributed by atoms with Gasteiger partial charge in [0.25, 0.3) is 0 Å². The SMILES string of the molecule is O=S(=O)(NCCN1CCSCC1)c1ccc2c(c1)CNC2. The van der Waals surface area contributed by atoms with Crippen molar-refractivity contribution < 1.29 is 8.42 Å². The molecule has 2 N–H and O–H groups in total. The van der Waals surface area contributed by atoms with E-state index in [4.69, 9.17) is 0 Å². The Balaban J connectivity index is 1.58. The number of sulfonamides is 1. The summed E-state index contributed by atoms with van der Waals surface area (Å²) >= 11 is 1.96. The van der Waals surface area contributed by atoms with Crippen molar-refractivity contribution in [2.45, 2.75) is 18.0 Å². The van der Waals surface area contributed by atoms with E-state index in [0.29, 0.717) is 11.4 Å². The third kappa shape index (κ3) is 3.78. The molecule has 2 aliphatic heterocycles. The third-order valence-corrected chi connectivity index (χ3v) is 6.34. The molecule has 21 heavy (non-hydrogen) atoms. The van der Waals surface area contributed by atoms with Crippen LogP contribution in [-0.4, -0.2) is 51.0 Å². The molecule has 1 aromatic rings. The lowest BCUT2D eigenvalue weighted by Crippen LogP contribution is -2.39. The van der Waals surface area contributed by atoms with Gasteiger partial charge in [-0.15, -0.1) is 0 Å². The van der Waals surface area contributed by atoms with E-state index in [1.54, 1.807) is 12.1 Å². The van der Waals surface area contributed by atoms with Crippen LogP contribution in [0.2, 0.25) is 0 Å². The van der Waals surface area contributed by atoms with Crippen molar-refractivity contribution in [1.29, 1.82) is 0 Å². The first kappa shape index (κ1) is 15.3. The van der Waals surface area contributed by atoms with Crippen molar-refractivity contribution in [3.8, 4) is 0 Å². The zero-order chi connectivity index (χ0) is 14.7. The van der Waals surface area contributed by atoms with Crippen molar-refractivity contribution in [1.82, 2.24) is 14.9 Å². The van der Waals surface area contributed by atoms with E-state index in [0.717, 1.165) is 49.8 Å². The lowest BCUT2D eigenvalue weighted by Gasteiger charge is -2.25. The minimum Gasteiger partial charge on any atom is -0.309 e. The van der Waals surface area contributed by atoms with Gasteiger partial charge in [0.05, 0.1) is 4.90 Å². The van der Waals surface area contributed by atoms with Crippen molar-refractivity contribution >= 4 is 21.8 Å². The van der Waals surface area contributed by atoms with Gasteiger partial charge in [0.1, 0.15) is 0 Å². The summed E-state index contributed by atoms with van der Waals surface area (Å²) in [6.45, 7) is 4.95. The Morgan fingerprint density at radius 1 is 1.19 bits per heavy atom. The number of fused-ring (bicyclic) bond motifs is 1. The molecule has 0 bridgehead atoms. The number of rotatable bonds is 5. The second kappa shape index (κ2) is 6.66. The molecule has 2 heterocycles. The maximum atomic E-state index is 12.3. The molecule has 7 heteroatoms. The van der Waals surface area contributed by atoms with Crippen LogP contribution in [0.5, 0.6) is 0 Å². The summed E-state index contributed by atoms with van der Waals surface area (Å²) in [5.74, 6) is 2.29. The number of hydrogen-bond donors (Lipinski definition) is 2. The van der Waals surface area contributed by atoms with Gasteiger partial charge in [-0.05, 0) is 23.3 Å². The summed E-state index contributed by atoms with van der Waals surface area (Å²) in [4.78, 5) is 2.69. The van der Waals surface area contributed by atoms with Crippen molar-refractivity contribution in [2.75, 3.05) is 37.7 Å². The average molecular weight is 327 g/mol. The van der Waals surface area contributed by atoms with Gasteiger partial charge in [-0.1, -0.05) is 6.07 Å². The molecule has 0 atom stereocenters. The van der Waals surface area contributed by atoms with Crippen LogP contribution >= 0.6 is 11.8 Å². The zero-order valence-electron chi connectivity index (χ0n) is 12.0. The largest absolute Gasteiger partial charge is 0.309 e. The van der Waals surface area contributed by atoms with Crippen molar-refractivity contribution in [2.24, 2.45) is 0 Å². The quantitative estimate of drug-likeness (QED) is 0.830. The highest BCUT2D eigenvalue weighted by Crippen LogP contribution is 2.19. The van der Waals surface area contributed by atoms with E-state index in [1.807, 2.05) is 17.8 Å². The number of nitrogens with one attached hydrogen (secondary N) is 2. The maximum absolute atomic E-state index is 12.3. The minimum atomic E-state index is -3.39. The van der Waals surface area contributed by atoms with Crippen LogP contribution in [0.25, 0.3) is 0 Å². The van der Waals surface area contributed by atoms with Gasteiger partial charge in [0.15, 0.2) is 0 Å². The predicted octanol–water partition coefficient (Wildman–Crippen LogP) is 0.617. The molecule has 5 nitrogen and oxygen atoms in total. The van der Waals surface area contributed by atoms with E-state index >= 15 is 0 Å². The van der Waals surface area contributed by atoms with Gasteiger partial charge in [0, 0.05) is 50.8 Å². The topological polar surface area (TPSA) is 61.4 Å². The van der Waals surface area contributed by atoms with E-state index in [-0.39, 0.29) is 0 Å². The smallest absolute Gasteiger partial charge is 0.240 e. The molecule has 0 aromatic heterocycles. The lowest BCUT2D eigenvalue weighted by atomic mass is 10.1. The molecule has 0 spiro atoms. The molecule has 1 aromatic carbocycles. The highest BCUT2D eigenvalue weighted by atomic mass is 32.2. The Labute approximate surface area is 130 Å². The monoisotopic (exact) mass is 327 g/mol. The number of benzene rings is 1. The summed E-state index contributed by atoms with van der Waals surface area (Å²) in [5, 5.41) is 3.23. The summed E-state index contributed by atoms with van der Waals surface area (Å²) < 4.78 is 27.4. The first-order valence-corrected chi connectivity index (χ1v) is 9.91. The third-order valence-electron chi connectivity index (χ3n) is 3.94. The van der Waals surface area contributed by atoms with E-state index in [2.05, 4.69) is 14.9 Å². The molecule has 116 valence electrons. The van der Waals surface area contributed by atoms with Crippen LogP contribution in [-0.2, 0) is 23.1 Å². The first-order valence-electron chi connectivity index (χ1n) is 7.27. The zero-order valence-corrected chi connectivity index (χ0v) is 13.6. The van der Waals surface area contributed by atoms with Crippen LogP contribution in [0.3, 0.4) is 0 Å². The molecular weight excluding hydrogens is 306 g/mol. The normalized spacial score (nSPS) is 19.6. The van der Waals surface area contributed by atoms with Crippen LogP contribution in [0.1, 0.15) is 11.1 Å². The highest BCUT2D eigenvalue weighted by Gasteiger charge is 2.18. The van der Waals surface area contributed by atoms with E-state index in [9.17, 15) is 8.42 Å². The standard InChI is InChI=1S/C14H21N3O2S2/c18-21(19,16-3-4-17-5-7-20-8-6-17)14-2-1-12-10-15-11-13(12)9-14/h1-2,9,15-16H,3-8,10-11H2. The molecule has 0 amide bonds. The van der Waals surface area contributed by atoms with Crippen LogP contribution in [0.15, 0.2) is 23.1 Å². The molecule has 0 saturated carbocycles. The maximum Gasteiger partial charge on any atom is 0.240 e. The van der Waals surface area contributed by atoms with Gasteiger partial charge in [-0.25, -0.2) is 13.1 Å². The molecule has 0 radical (unpaired) electrons. The summed E-state index contributed by atoms with van der Waals surface area (Å²) in [6.07, 6.45) is 0. The Morgan fingerprint density at radius 2 is 1.95 bits per heavy atom. The van der Waals surface area contributed by atoms with Crippen LogP contribution in [0, 0.1) is 0 Å². The van der Waals surface area contributed by atoms with Crippen LogP contribution in [0.4, 0.5) is 0 Å². The Kier molecular flexibility index (Phi) is 4.85. The fourth-order valence-corrected chi connectivity index (χ4v) is 4.73. The van der Waals surface area contributed by atoms with Gasteiger partial charge in [0.2, 0.25) is 10.0 Å². The molecule has 0 unspecified atom stereocenters. The number of thioether (sulfide) groups is 1. The van der Waals surface area contributed by atoms with Crippen molar-refractivity contribution in [3.63, 3.8) is 0 Å². The van der Waals surface area contributed by atoms with Gasteiger partial charge in [-0.3, -0.25) is 0 Å². The summed E-state index contributed by atoms with van der Waals surface area (Å²) in [7, 11) is -3.39. The molecule has 1 saturated heterocycles. The molecular formula is C14H21N3O2S2. The Morgan fingerprint density at radius 3 is 2.76 bits per heavy atom.